The molecule has 8 heteroatoms. The molecule has 0 aliphatic rings. The molecule has 0 saturated carbocycles. The Bertz CT molecular complexity index is 892. The zero-order valence-electron chi connectivity index (χ0n) is 15.1. The molecule has 7 nitrogen and oxygen atoms in total. The largest absolute Gasteiger partial charge is 0.355 e. The fourth-order valence-corrected chi connectivity index (χ4v) is 2.88. The van der Waals surface area contributed by atoms with Gasteiger partial charge >= 0.3 is 0 Å². The smallest absolute Gasteiger partial charge is 0.238 e. The first-order valence-corrected chi connectivity index (χ1v) is 9.99. The van der Waals surface area contributed by atoms with Gasteiger partial charge in [0.1, 0.15) is 6.42 Å². The van der Waals surface area contributed by atoms with Gasteiger partial charge in [-0.25, -0.2) is 13.6 Å². The predicted octanol–water partition coefficient (Wildman–Crippen LogP) is 1.01. The Morgan fingerprint density at radius 3 is 2.04 bits per heavy atom. The lowest BCUT2D eigenvalue weighted by atomic mass is 10.1. The highest BCUT2D eigenvalue weighted by molar-refractivity contribution is 7.89. The Labute approximate surface area is 159 Å². The molecule has 2 aromatic rings. The molecule has 0 fully saturated rings. The van der Waals surface area contributed by atoms with Crippen LogP contribution in [0.3, 0.4) is 0 Å². The van der Waals surface area contributed by atoms with E-state index in [1.165, 1.54) is 12.1 Å². The lowest BCUT2D eigenvalue weighted by Gasteiger charge is -2.07. The van der Waals surface area contributed by atoms with E-state index in [0.717, 1.165) is 16.7 Å². The number of sulfonamides is 1. The molecule has 2 aromatic carbocycles. The summed E-state index contributed by atoms with van der Waals surface area (Å²) in [6.07, 6.45) is 0.276. The van der Waals surface area contributed by atoms with Gasteiger partial charge in [0.25, 0.3) is 0 Å². The highest BCUT2D eigenvalue weighted by atomic mass is 32.2. The van der Waals surface area contributed by atoms with Crippen LogP contribution in [0.25, 0.3) is 0 Å². The third kappa shape index (κ3) is 7.20. The Morgan fingerprint density at radius 1 is 0.889 bits per heavy atom. The molecule has 0 atom stereocenters. The summed E-state index contributed by atoms with van der Waals surface area (Å²) >= 11 is 0. The number of nitrogens with two attached hydrogens (primary N) is 1. The minimum Gasteiger partial charge on any atom is -0.355 e. The van der Waals surface area contributed by atoms with E-state index in [4.69, 9.17) is 5.14 Å². The average molecular weight is 389 g/mol. The summed E-state index contributed by atoms with van der Waals surface area (Å²) in [6, 6.07) is 13.9. The van der Waals surface area contributed by atoms with Crippen LogP contribution in [0, 0.1) is 6.92 Å². The van der Waals surface area contributed by atoms with Crippen molar-refractivity contribution in [3.63, 3.8) is 0 Å². The van der Waals surface area contributed by atoms with Gasteiger partial charge in [0, 0.05) is 13.1 Å². The molecule has 2 rings (SSSR count). The number of primary sulfonamides is 1. The maximum Gasteiger partial charge on any atom is 0.238 e. The predicted molar refractivity (Wildman–Crippen MR) is 102 cm³/mol. The SMILES string of the molecule is Cc1ccc(CNC(=O)CC(=O)NCCc2ccc(S(N)(=O)=O)cc2)cc1. The maximum absolute atomic E-state index is 11.8. The standard InChI is InChI=1S/C19H23N3O4S/c1-14-2-4-16(5-3-14)13-22-19(24)12-18(23)21-11-10-15-6-8-17(9-7-15)27(20,25)26/h2-9H,10-13H2,1H3,(H,21,23)(H,22,24)(H2,20,25,26). The van der Waals surface area contributed by atoms with Crippen molar-refractivity contribution in [2.75, 3.05) is 6.54 Å². The number of aryl methyl sites for hydroxylation is 1. The summed E-state index contributed by atoms with van der Waals surface area (Å²) in [6.45, 7) is 2.71. The number of amides is 2. The Hall–Kier alpha value is -2.71. The van der Waals surface area contributed by atoms with Gasteiger partial charge < -0.3 is 10.6 Å². The number of hydrogen-bond acceptors (Lipinski definition) is 4. The highest BCUT2D eigenvalue weighted by Gasteiger charge is 2.09. The quantitative estimate of drug-likeness (QED) is 0.584. The third-order valence-electron chi connectivity index (χ3n) is 3.92. The number of benzene rings is 2. The van der Waals surface area contributed by atoms with Gasteiger partial charge in [0.2, 0.25) is 21.8 Å². The second kappa shape index (κ2) is 9.29. The molecule has 0 radical (unpaired) electrons. The first kappa shape index (κ1) is 20.6. The second-order valence-corrected chi connectivity index (χ2v) is 7.79. The van der Waals surface area contributed by atoms with E-state index in [1.54, 1.807) is 12.1 Å². The normalized spacial score (nSPS) is 11.0. The summed E-state index contributed by atoms with van der Waals surface area (Å²) in [4.78, 5) is 23.7. The number of rotatable bonds is 8. The van der Waals surface area contributed by atoms with E-state index in [2.05, 4.69) is 10.6 Å². The van der Waals surface area contributed by atoms with Gasteiger partial charge in [-0.15, -0.1) is 0 Å². The van der Waals surface area contributed by atoms with Gasteiger partial charge in [0.15, 0.2) is 0 Å². The second-order valence-electron chi connectivity index (χ2n) is 6.23. The van der Waals surface area contributed by atoms with Crippen LogP contribution in [-0.2, 0) is 32.6 Å². The van der Waals surface area contributed by atoms with Gasteiger partial charge in [-0.1, -0.05) is 42.0 Å². The van der Waals surface area contributed by atoms with E-state index in [0.29, 0.717) is 19.5 Å². The van der Waals surface area contributed by atoms with Crippen molar-refractivity contribution in [3.05, 3.63) is 65.2 Å². The molecule has 144 valence electrons. The van der Waals surface area contributed by atoms with Crippen molar-refractivity contribution in [2.45, 2.75) is 31.2 Å². The van der Waals surface area contributed by atoms with Crippen molar-refractivity contribution in [3.8, 4) is 0 Å². The van der Waals surface area contributed by atoms with E-state index in [1.807, 2.05) is 31.2 Å². The monoisotopic (exact) mass is 389 g/mol. The Kier molecular flexibility index (Phi) is 7.09. The van der Waals surface area contributed by atoms with Crippen molar-refractivity contribution in [1.82, 2.24) is 10.6 Å². The van der Waals surface area contributed by atoms with Crippen molar-refractivity contribution in [2.24, 2.45) is 5.14 Å². The Balaban J connectivity index is 1.69. The molecule has 0 spiro atoms. The van der Waals surface area contributed by atoms with Crippen molar-refractivity contribution in [1.29, 1.82) is 0 Å². The summed E-state index contributed by atoms with van der Waals surface area (Å²) in [7, 11) is -3.71. The molecule has 0 saturated heterocycles. The summed E-state index contributed by atoms with van der Waals surface area (Å²) < 4.78 is 22.4. The van der Waals surface area contributed by atoms with Crippen molar-refractivity contribution >= 4 is 21.8 Å². The van der Waals surface area contributed by atoms with E-state index < -0.39 is 10.0 Å². The number of carbonyl (C=O) groups excluding carboxylic acids is 2. The first-order chi connectivity index (χ1) is 12.7. The summed E-state index contributed by atoms with van der Waals surface area (Å²) in [5.41, 5.74) is 2.97. The zero-order chi connectivity index (χ0) is 19.9. The van der Waals surface area contributed by atoms with Crippen LogP contribution in [-0.4, -0.2) is 26.8 Å². The van der Waals surface area contributed by atoms with Crippen LogP contribution in [0.4, 0.5) is 0 Å². The highest BCUT2D eigenvalue weighted by Crippen LogP contribution is 2.09. The summed E-state index contributed by atoms with van der Waals surface area (Å²) in [5, 5.41) is 10.4. The minimum atomic E-state index is -3.71. The molecule has 0 unspecified atom stereocenters. The molecule has 0 heterocycles. The maximum atomic E-state index is 11.8. The van der Waals surface area contributed by atoms with Crippen LogP contribution in [0.5, 0.6) is 0 Å². The number of nitrogens with one attached hydrogen (secondary N) is 2. The Morgan fingerprint density at radius 2 is 1.44 bits per heavy atom. The van der Waals surface area contributed by atoms with Gasteiger partial charge in [0.05, 0.1) is 4.90 Å². The minimum absolute atomic E-state index is 0.0422. The molecular formula is C19H23N3O4S. The fraction of sp³-hybridized carbons (Fsp3) is 0.263. The van der Waals surface area contributed by atoms with Crippen molar-refractivity contribution < 1.29 is 18.0 Å². The lowest BCUT2D eigenvalue weighted by molar-refractivity contribution is -0.129. The van der Waals surface area contributed by atoms with Crippen LogP contribution in [0.15, 0.2) is 53.4 Å². The molecule has 0 bridgehead atoms. The number of hydrogen-bond donors (Lipinski definition) is 3. The van der Waals surface area contributed by atoms with Gasteiger partial charge in [-0.3, -0.25) is 9.59 Å². The molecule has 0 aliphatic carbocycles. The van der Waals surface area contributed by atoms with E-state index >= 15 is 0 Å². The zero-order valence-corrected chi connectivity index (χ0v) is 15.9. The van der Waals surface area contributed by atoms with E-state index in [9.17, 15) is 18.0 Å². The van der Waals surface area contributed by atoms with E-state index in [-0.39, 0.29) is 23.1 Å². The molecule has 0 aliphatic heterocycles. The van der Waals surface area contributed by atoms with Crippen LogP contribution in [0.1, 0.15) is 23.1 Å². The molecule has 27 heavy (non-hydrogen) atoms. The molecular weight excluding hydrogens is 366 g/mol. The van der Waals surface area contributed by atoms with Gasteiger partial charge in [-0.05, 0) is 36.6 Å². The average Bonchev–Trinajstić information content (AvgIpc) is 2.61. The lowest BCUT2D eigenvalue weighted by Crippen LogP contribution is -2.32. The number of carbonyl (C=O) groups is 2. The van der Waals surface area contributed by atoms with Crippen LogP contribution in [0.2, 0.25) is 0 Å². The van der Waals surface area contributed by atoms with Crippen LogP contribution >= 0.6 is 0 Å². The molecule has 0 aromatic heterocycles. The fourth-order valence-electron chi connectivity index (χ4n) is 2.37. The molecule has 4 N–H and O–H groups in total. The third-order valence-corrected chi connectivity index (χ3v) is 4.85. The summed E-state index contributed by atoms with van der Waals surface area (Å²) in [5.74, 6) is -0.705. The topological polar surface area (TPSA) is 118 Å². The van der Waals surface area contributed by atoms with Crippen LogP contribution < -0.4 is 15.8 Å². The van der Waals surface area contributed by atoms with Gasteiger partial charge in [-0.2, -0.15) is 0 Å². The first-order valence-electron chi connectivity index (χ1n) is 8.45. The molecule has 2 amide bonds.